The van der Waals surface area contributed by atoms with Gasteiger partial charge < -0.3 is 5.32 Å². The lowest BCUT2D eigenvalue weighted by molar-refractivity contribution is 0.487. The van der Waals surface area contributed by atoms with E-state index in [1.54, 1.807) is 18.3 Å². The lowest BCUT2D eigenvalue weighted by Crippen LogP contribution is -2.35. The van der Waals surface area contributed by atoms with Crippen molar-refractivity contribution in [1.82, 2.24) is 10.7 Å². The molecule has 2 N–H and O–H groups in total. The largest absolute Gasteiger partial charge is 0.361 e. The van der Waals surface area contributed by atoms with E-state index in [1.165, 1.54) is 25.7 Å². The smallest absolute Gasteiger partial charge is 0.186 e. The number of nitrogens with zero attached hydrogens (tertiary/aromatic N) is 2. The SMILES string of the molecule is CCCCC[C@H](C)CNC(=S)N/N=C\c1ccc(C#N)cc1. The molecule has 0 unspecified atom stereocenters. The first-order valence-electron chi connectivity index (χ1n) is 7.72. The highest BCUT2D eigenvalue weighted by molar-refractivity contribution is 7.80. The molecule has 0 spiro atoms. The number of rotatable bonds is 8. The van der Waals surface area contributed by atoms with Gasteiger partial charge in [-0.15, -0.1) is 0 Å². The fourth-order valence-corrected chi connectivity index (χ4v) is 2.10. The summed E-state index contributed by atoms with van der Waals surface area (Å²) in [5.41, 5.74) is 4.36. The second-order valence-electron chi connectivity index (χ2n) is 5.41. The average molecular weight is 316 g/mol. The number of benzene rings is 1. The molecule has 0 fully saturated rings. The summed E-state index contributed by atoms with van der Waals surface area (Å²) < 4.78 is 0. The van der Waals surface area contributed by atoms with Crippen LogP contribution in [0.5, 0.6) is 0 Å². The van der Waals surface area contributed by atoms with E-state index in [9.17, 15) is 0 Å². The molecule has 0 saturated carbocycles. The minimum Gasteiger partial charge on any atom is -0.361 e. The van der Waals surface area contributed by atoms with Gasteiger partial charge in [0.25, 0.3) is 0 Å². The van der Waals surface area contributed by atoms with Crippen LogP contribution in [-0.2, 0) is 0 Å². The van der Waals surface area contributed by atoms with E-state index in [2.05, 4.69) is 35.8 Å². The summed E-state index contributed by atoms with van der Waals surface area (Å²) in [7, 11) is 0. The van der Waals surface area contributed by atoms with Crippen LogP contribution < -0.4 is 10.7 Å². The molecule has 22 heavy (non-hydrogen) atoms. The Balaban J connectivity index is 2.24. The predicted octanol–water partition coefficient (Wildman–Crippen LogP) is 3.57. The molecule has 5 heteroatoms. The van der Waals surface area contributed by atoms with Gasteiger partial charge in [-0.25, -0.2) is 0 Å². The third-order valence-electron chi connectivity index (χ3n) is 3.33. The highest BCUT2D eigenvalue weighted by Gasteiger charge is 2.02. The number of hydrogen-bond donors (Lipinski definition) is 2. The number of thiocarbonyl (C=S) groups is 1. The van der Waals surface area contributed by atoms with Crippen LogP contribution in [0, 0.1) is 17.2 Å². The van der Waals surface area contributed by atoms with E-state index in [0.29, 0.717) is 16.6 Å². The Labute approximate surface area is 138 Å². The maximum Gasteiger partial charge on any atom is 0.186 e. The Morgan fingerprint density at radius 1 is 1.36 bits per heavy atom. The molecule has 1 aromatic rings. The zero-order chi connectivity index (χ0) is 16.2. The summed E-state index contributed by atoms with van der Waals surface area (Å²) in [4.78, 5) is 0. The van der Waals surface area contributed by atoms with Gasteiger partial charge in [0.05, 0.1) is 17.8 Å². The van der Waals surface area contributed by atoms with Crippen molar-refractivity contribution in [3.8, 4) is 6.07 Å². The van der Waals surface area contributed by atoms with Gasteiger partial charge in [0.15, 0.2) is 5.11 Å². The van der Waals surface area contributed by atoms with Crippen molar-refractivity contribution in [2.75, 3.05) is 6.54 Å². The standard InChI is InChI=1S/C17H24N4S/c1-3-4-5-6-14(2)12-19-17(22)21-20-13-16-9-7-15(11-18)8-10-16/h7-10,13-14H,3-6,12H2,1-2H3,(H2,19,21,22)/b20-13-/t14-/m0/s1. The van der Waals surface area contributed by atoms with Crippen molar-refractivity contribution in [2.45, 2.75) is 39.5 Å². The number of nitriles is 1. The van der Waals surface area contributed by atoms with Crippen LogP contribution in [0.1, 0.15) is 50.7 Å². The maximum atomic E-state index is 8.73. The van der Waals surface area contributed by atoms with Gasteiger partial charge in [-0.05, 0) is 42.3 Å². The normalized spacial score (nSPS) is 11.9. The van der Waals surface area contributed by atoms with E-state index >= 15 is 0 Å². The highest BCUT2D eigenvalue weighted by atomic mass is 32.1. The van der Waals surface area contributed by atoms with Crippen LogP contribution in [0.3, 0.4) is 0 Å². The summed E-state index contributed by atoms with van der Waals surface area (Å²) >= 11 is 5.18. The van der Waals surface area contributed by atoms with E-state index in [-0.39, 0.29) is 0 Å². The number of nitrogens with one attached hydrogen (secondary N) is 2. The first kappa shape index (κ1) is 18.1. The lowest BCUT2D eigenvalue weighted by Gasteiger charge is -2.13. The highest BCUT2D eigenvalue weighted by Crippen LogP contribution is 2.07. The van der Waals surface area contributed by atoms with Crippen LogP contribution in [0.2, 0.25) is 0 Å². The predicted molar refractivity (Wildman–Crippen MR) is 95.8 cm³/mol. The van der Waals surface area contributed by atoms with Gasteiger partial charge in [-0.2, -0.15) is 10.4 Å². The molecule has 1 atom stereocenters. The van der Waals surface area contributed by atoms with Gasteiger partial charge in [0.2, 0.25) is 0 Å². The lowest BCUT2D eigenvalue weighted by atomic mass is 10.0. The third-order valence-corrected chi connectivity index (χ3v) is 3.57. The molecular weight excluding hydrogens is 292 g/mol. The molecule has 0 heterocycles. The van der Waals surface area contributed by atoms with Crippen LogP contribution in [-0.4, -0.2) is 17.9 Å². The summed E-state index contributed by atoms with van der Waals surface area (Å²) in [6, 6.07) is 9.29. The Bertz CT molecular complexity index is 516. The number of unbranched alkanes of at least 4 members (excludes halogenated alkanes) is 2. The summed E-state index contributed by atoms with van der Waals surface area (Å²) in [5, 5.41) is 16.5. The molecule has 118 valence electrons. The molecule has 0 amide bonds. The summed E-state index contributed by atoms with van der Waals surface area (Å²) in [5.74, 6) is 0.605. The van der Waals surface area contributed by atoms with Crippen LogP contribution in [0.15, 0.2) is 29.4 Å². The molecule has 0 radical (unpaired) electrons. The van der Waals surface area contributed by atoms with Crippen LogP contribution in [0.25, 0.3) is 0 Å². The Hall–Kier alpha value is -1.93. The molecule has 0 aromatic heterocycles. The zero-order valence-corrected chi connectivity index (χ0v) is 14.1. The van der Waals surface area contributed by atoms with Crippen molar-refractivity contribution >= 4 is 23.5 Å². The number of hydrazone groups is 1. The van der Waals surface area contributed by atoms with Gasteiger partial charge in [-0.3, -0.25) is 5.43 Å². The van der Waals surface area contributed by atoms with E-state index < -0.39 is 0 Å². The van der Waals surface area contributed by atoms with Gasteiger partial charge >= 0.3 is 0 Å². The van der Waals surface area contributed by atoms with Crippen molar-refractivity contribution in [3.05, 3.63) is 35.4 Å². The topological polar surface area (TPSA) is 60.2 Å². The van der Waals surface area contributed by atoms with E-state index in [0.717, 1.165) is 12.1 Å². The van der Waals surface area contributed by atoms with Crippen molar-refractivity contribution < 1.29 is 0 Å². The van der Waals surface area contributed by atoms with Crippen molar-refractivity contribution in [1.29, 1.82) is 5.26 Å². The molecule has 0 aliphatic heterocycles. The second-order valence-corrected chi connectivity index (χ2v) is 5.82. The fourth-order valence-electron chi connectivity index (χ4n) is 1.96. The third kappa shape index (κ3) is 7.75. The maximum absolute atomic E-state index is 8.73. The first-order chi connectivity index (χ1) is 10.7. The molecule has 0 saturated heterocycles. The Morgan fingerprint density at radius 2 is 2.09 bits per heavy atom. The molecule has 1 rings (SSSR count). The van der Waals surface area contributed by atoms with Crippen molar-refractivity contribution in [3.63, 3.8) is 0 Å². The Morgan fingerprint density at radius 3 is 2.73 bits per heavy atom. The first-order valence-corrected chi connectivity index (χ1v) is 8.13. The Kier molecular flexibility index (Phi) is 8.85. The molecular formula is C17H24N4S. The second kappa shape index (κ2) is 10.7. The van der Waals surface area contributed by atoms with Crippen LogP contribution in [0.4, 0.5) is 0 Å². The van der Waals surface area contributed by atoms with E-state index in [1.807, 2.05) is 12.1 Å². The van der Waals surface area contributed by atoms with Crippen LogP contribution >= 0.6 is 12.2 Å². The summed E-state index contributed by atoms with van der Waals surface area (Å²) in [6.07, 6.45) is 6.72. The quantitative estimate of drug-likeness (QED) is 0.333. The van der Waals surface area contributed by atoms with Gasteiger partial charge in [0, 0.05) is 6.54 Å². The molecule has 4 nitrogen and oxygen atoms in total. The molecule has 0 bridgehead atoms. The monoisotopic (exact) mass is 316 g/mol. The van der Waals surface area contributed by atoms with E-state index in [4.69, 9.17) is 17.5 Å². The fraction of sp³-hybridized carbons (Fsp3) is 0.471. The van der Waals surface area contributed by atoms with Gasteiger partial charge in [0.1, 0.15) is 0 Å². The molecule has 1 aromatic carbocycles. The average Bonchev–Trinajstić information content (AvgIpc) is 2.54. The molecule has 0 aliphatic carbocycles. The van der Waals surface area contributed by atoms with Crippen molar-refractivity contribution in [2.24, 2.45) is 11.0 Å². The zero-order valence-electron chi connectivity index (χ0n) is 13.3. The minimum atomic E-state index is 0.534. The number of hydrogen-bond acceptors (Lipinski definition) is 3. The van der Waals surface area contributed by atoms with Gasteiger partial charge in [-0.1, -0.05) is 45.2 Å². The minimum absolute atomic E-state index is 0.534. The summed E-state index contributed by atoms with van der Waals surface area (Å²) in [6.45, 7) is 5.31. The molecule has 0 aliphatic rings.